The van der Waals surface area contributed by atoms with Gasteiger partial charge < -0.3 is 4.74 Å². The number of rotatable bonds is 6. The Bertz CT molecular complexity index is 1140. The Labute approximate surface area is 169 Å². The molecule has 10 heteroatoms. The molecule has 2 N–H and O–H groups in total. The number of hydrogen-bond acceptors (Lipinski definition) is 6. The lowest BCUT2D eigenvalue weighted by Gasteiger charge is -2.15. The molecule has 2 aromatic carbocycles. The maximum Gasteiger partial charge on any atom is 0.431 e. The lowest BCUT2D eigenvalue weighted by atomic mass is 10.2. The number of nitrogens with one attached hydrogen (secondary N) is 2. The second-order valence-electron chi connectivity index (χ2n) is 6.64. The Morgan fingerprint density at radius 2 is 1.87 bits per heavy atom. The van der Waals surface area contributed by atoms with E-state index in [1.54, 1.807) is 31.4 Å². The number of halogens is 1. The van der Waals surface area contributed by atoms with E-state index in [0.717, 1.165) is 4.90 Å². The maximum absolute atomic E-state index is 13.1. The molecule has 4 rings (SSSR count). The summed E-state index contributed by atoms with van der Waals surface area (Å²) in [6.45, 7) is -0.0151. The van der Waals surface area contributed by atoms with E-state index >= 15 is 0 Å². The lowest BCUT2D eigenvalue weighted by molar-refractivity contribution is -0.677. The van der Waals surface area contributed by atoms with Crippen LogP contribution >= 0.6 is 0 Å². The van der Waals surface area contributed by atoms with Crippen LogP contribution in [0.1, 0.15) is 12.1 Å². The third kappa shape index (κ3) is 3.60. The fourth-order valence-corrected chi connectivity index (χ4v) is 3.26. The van der Waals surface area contributed by atoms with Crippen molar-refractivity contribution in [3.05, 3.63) is 70.5 Å². The number of ether oxygens (including phenoxy) is 1. The van der Waals surface area contributed by atoms with E-state index < -0.39 is 29.3 Å². The van der Waals surface area contributed by atoms with E-state index in [0.29, 0.717) is 17.1 Å². The topological polar surface area (TPSA) is 109 Å². The SMILES string of the molecule is COc1ccc(-[n+]2[nH]oc(=O)c2CNC2CC(=O)N(c3ccc(F)cc3)C2=O)cc1. The highest BCUT2D eigenvalue weighted by molar-refractivity contribution is 6.22. The van der Waals surface area contributed by atoms with Crippen molar-refractivity contribution in [2.24, 2.45) is 0 Å². The van der Waals surface area contributed by atoms with E-state index in [1.807, 2.05) is 0 Å². The molecule has 1 fully saturated rings. The minimum absolute atomic E-state index is 0.0151. The van der Waals surface area contributed by atoms with Crippen molar-refractivity contribution in [1.82, 2.24) is 10.6 Å². The van der Waals surface area contributed by atoms with Crippen molar-refractivity contribution in [3.63, 3.8) is 0 Å². The van der Waals surface area contributed by atoms with Gasteiger partial charge in [0, 0.05) is 12.1 Å². The summed E-state index contributed by atoms with van der Waals surface area (Å²) in [5.41, 5.74) is 0.538. The highest BCUT2D eigenvalue weighted by Gasteiger charge is 2.40. The molecule has 1 unspecified atom stereocenters. The summed E-state index contributed by atoms with van der Waals surface area (Å²) in [6.07, 6.45) is -0.0749. The third-order valence-corrected chi connectivity index (χ3v) is 4.81. The van der Waals surface area contributed by atoms with Crippen LogP contribution in [0.15, 0.2) is 57.8 Å². The van der Waals surface area contributed by atoms with E-state index in [4.69, 9.17) is 9.26 Å². The predicted octanol–water partition coefficient (Wildman–Crippen LogP) is 0.814. The predicted molar refractivity (Wildman–Crippen MR) is 102 cm³/mol. The minimum Gasteiger partial charge on any atom is -0.497 e. The number of methoxy groups -OCH3 is 1. The summed E-state index contributed by atoms with van der Waals surface area (Å²) in [4.78, 5) is 38.1. The Balaban J connectivity index is 1.51. The molecular weight excluding hydrogens is 395 g/mol. The number of H-pyrrole nitrogens is 1. The smallest absolute Gasteiger partial charge is 0.431 e. The molecule has 1 saturated heterocycles. The first-order valence-corrected chi connectivity index (χ1v) is 9.10. The van der Waals surface area contributed by atoms with Crippen molar-refractivity contribution < 1.29 is 27.9 Å². The van der Waals surface area contributed by atoms with E-state index in [2.05, 4.69) is 10.6 Å². The van der Waals surface area contributed by atoms with Gasteiger partial charge in [-0.05, 0) is 46.4 Å². The van der Waals surface area contributed by atoms with Crippen LogP contribution in [-0.2, 0) is 16.1 Å². The molecule has 0 bridgehead atoms. The average molecular weight is 413 g/mol. The molecule has 9 nitrogen and oxygen atoms in total. The summed E-state index contributed by atoms with van der Waals surface area (Å²) >= 11 is 0. The quantitative estimate of drug-likeness (QED) is 0.458. The van der Waals surface area contributed by atoms with Crippen LogP contribution in [0.3, 0.4) is 0 Å². The zero-order chi connectivity index (χ0) is 21.3. The summed E-state index contributed by atoms with van der Waals surface area (Å²) in [7, 11) is 1.55. The third-order valence-electron chi connectivity index (χ3n) is 4.81. The molecule has 0 spiro atoms. The Hall–Kier alpha value is -3.79. The molecule has 0 saturated carbocycles. The molecule has 1 aromatic heterocycles. The van der Waals surface area contributed by atoms with Gasteiger partial charge in [0.2, 0.25) is 11.6 Å². The first kappa shape index (κ1) is 19.5. The number of nitrogens with zero attached hydrogens (tertiary/aromatic N) is 2. The summed E-state index contributed by atoms with van der Waals surface area (Å²) in [6, 6.07) is 11.2. The standard InChI is InChI=1S/C20H17FN4O5/c1-29-15-8-6-14(7-9-15)25-17(20(28)30-23-25)11-22-16-10-18(26)24(19(16)27)13-4-2-12(21)3-5-13/h2-9,16,22H,10-11H2,1H3/p+1. The van der Waals surface area contributed by atoms with Crippen LogP contribution in [-0.4, -0.2) is 30.2 Å². The number of carbonyl (C=O) groups is 2. The zero-order valence-corrected chi connectivity index (χ0v) is 15.9. The molecule has 1 aliphatic rings. The molecule has 0 radical (unpaired) electrons. The van der Waals surface area contributed by atoms with Crippen LogP contribution in [0.25, 0.3) is 5.69 Å². The molecular formula is C20H18FN4O5+. The van der Waals surface area contributed by atoms with Gasteiger partial charge in [-0.3, -0.25) is 19.4 Å². The van der Waals surface area contributed by atoms with Crippen molar-refractivity contribution in [2.75, 3.05) is 12.0 Å². The number of imide groups is 1. The largest absolute Gasteiger partial charge is 0.497 e. The average Bonchev–Trinajstić information content (AvgIpc) is 3.26. The monoisotopic (exact) mass is 413 g/mol. The number of anilines is 1. The first-order valence-electron chi connectivity index (χ1n) is 9.10. The summed E-state index contributed by atoms with van der Waals surface area (Å²) in [5.74, 6) is -0.689. The molecule has 1 atom stereocenters. The molecule has 0 aliphatic carbocycles. The van der Waals surface area contributed by atoms with Gasteiger partial charge in [-0.1, -0.05) is 0 Å². The number of hydrogen-bond donors (Lipinski definition) is 2. The molecule has 2 heterocycles. The molecule has 3 aromatic rings. The van der Waals surface area contributed by atoms with E-state index in [1.165, 1.54) is 28.9 Å². The number of aromatic nitrogens is 2. The fourth-order valence-electron chi connectivity index (χ4n) is 3.26. The van der Waals surface area contributed by atoms with E-state index in [-0.39, 0.29) is 18.7 Å². The highest BCUT2D eigenvalue weighted by atomic mass is 19.1. The fraction of sp³-hybridized carbons (Fsp3) is 0.200. The molecule has 154 valence electrons. The minimum atomic E-state index is -0.818. The first-order chi connectivity index (χ1) is 14.5. The maximum atomic E-state index is 13.1. The number of amides is 2. The van der Waals surface area contributed by atoms with Crippen molar-refractivity contribution in [1.29, 1.82) is 0 Å². The summed E-state index contributed by atoms with van der Waals surface area (Å²) < 4.78 is 24.6. The molecule has 1 aliphatic heterocycles. The van der Waals surface area contributed by atoms with Gasteiger partial charge in [-0.15, -0.1) is 0 Å². The summed E-state index contributed by atoms with van der Waals surface area (Å²) in [5, 5.41) is 5.45. The van der Waals surface area contributed by atoms with Crippen LogP contribution in [0.4, 0.5) is 10.1 Å². The number of benzene rings is 2. The van der Waals surface area contributed by atoms with Gasteiger partial charge in [0.25, 0.3) is 5.91 Å². The van der Waals surface area contributed by atoms with Crippen molar-refractivity contribution >= 4 is 17.5 Å². The van der Waals surface area contributed by atoms with E-state index in [9.17, 15) is 18.8 Å². The molecule has 2 amide bonds. The normalized spacial score (nSPS) is 16.3. The highest BCUT2D eigenvalue weighted by Crippen LogP contribution is 2.23. The number of carbonyl (C=O) groups excluding carboxylic acids is 2. The Kier molecular flexibility index (Phi) is 5.15. The van der Waals surface area contributed by atoms with Crippen molar-refractivity contribution in [3.8, 4) is 11.4 Å². The number of aromatic amines is 1. The van der Waals surface area contributed by atoms with Gasteiger partial charge in [0.15, 0.2) is 0 Å². The van der Waals surface area contributed by atoms with Gasteiger partial charge in [0.05, 0.1) is 31.8 Å². The Morgan fingerprint density at radius 1 is 1.17 bits per heavy atom. The van der Waals surface area contributed by atoms with Crippen LogP contribution in [0.5, 0.6) is 5.75 Å². The van der Waals surface area contributed by atoms with Crippen molar-refractivity contribution in [2.45, 2.75) is 19.0 Å². The van der Waals surface area contributed by atoms with Gasteiger partial charge in [-0.2, -0.15) is 0 Å². The van der Waals surface area contributed by atoms with Gasteiger partial charge in [0.1, 0.15) is 11.6 Å². The second kappa shape index (κ2) is 7.91. The van der Waals surface area contributed by atoms with Gasteiger partial charge in [-0.25, -0.2) is 14.1 Å². The van der Waals surface area contributed by atoms with Crippen LogP contribution in [0.2, 0.25) is 0 Å². The lowest BCUT2D eigenvalue weighted by Crippen LogP contribution is -2.44. The molecule has 30 heavy (non-hydrogen) atoms. The second-order valence-corrected chi connectivity index (χ2v) is 6.64. The van der Waals surface area contributed by atoms with Crippen LogP contribution in [0, 0.1) is 5.82 Å². The van der Waals surface area contributed by atoms with Gasteiger partial charge >= 0.3 is 11.3 Å². The Morgan fingerprint density at radius 3 is 2.53 bits per heavy atom. The zero-order valence-electron chi connectivity index (χ0n) is 15.9. The van der Waals surface area contributed by atoms with Crippen LogP contribution < -0.4 is 25.3 Å².